The van der Waals surface area contributed by atoms with E-state index in [1.54, 1.807) is 36.4 Å². The minimum absolute atomic E-state index is 0.0906. The third-order valence-corrected chi connectivity index (χ3v) is 5.23. The van der Waals surface area contributed by atoms with Gasteiger partial charge < -0.3 is 4.74 Å². The molecule has 0 saturated carbocycles. The predicted molar refractivity (Wildman–Crippen MR) is 121 cm³/mol. The van der Waals surface area contributed by atoms with Crippen LogP contribution in [0.1, 0.15) is 15.9 Å². The molecule has 4 rings (SSSR count). The molecule has 1 aliphatic rings. The van der Waals surface area contributed by atoms with E-state index < -0.39 is 35.2 Å². The summed E-state index contributed by atoms with van der Waals surface area (Å²) in [5, 5.41) is 2.03. The van der Waals surface area contributed by atoms with Gasteiger partial charge in [-0.05, 0) is 48.5 Å². The van der Waals surface area contributed by atoms with E-state index in [2.05, 4.69) is 15.9 Å². The second-order valence-corrected chi connectivity index (χ2v) is 7.76. The number of imide groups is 2. The van der Waals surface area contributed by atoms with Gasteiger partial charge in [0.1, 0.15) is 17.1 Å². The first kappa shape index (κ1) is 22.1. The van der Waals surface area contributed by atoms with Gasteiger partial charge in [-0.3, -0.25) is 14.9 Å². The number of carbonyl (C=O) groups is 4. The fraction of sp³-hybridized carbons (Fsp3) is 0. The Hall–Kier alpha value is -4.11. The molecule has 9 heteroatoms. The summed E-state index contributed by atoms with van der Waals surface area (Å²) < 4.78 is 20.5. The molecule has 1 saturated heterocycles. The molecule has 164 valence electrons. The van der Waals surface area contributed by atoms with E-state index in [4.69, 9.17) is 4.74 Å². The first-order valence-electron chi connectivity index (χ1n) is 9.58. The van der Waals surface area contributed by atoms with E-state index in [1.807, 2.05) is 5.32 Å². The van der Waals surface area contributed by atoms with Crippen LogP contribution >= 0.6 is 15.9 Å². The average molecular weight is 509 g/mol. The van der Waals surface area contributed by atoms with Gasteiger partial charge in [0.05, 0.1) is 11.3 Å². The molecule has 3 aromatic carbocycles. The van der Waals surface area contributed by atoms with Crippen molar-refractivity contribution in [2.45, 2.75) is 0 Å². The van der Waals surface area contributed by atoms with Gasteiger partial charge in [-0.1, -0.05) is 46.3 Å². The predicted octanol–water partition coefficient (Wildman–Crippen LogP) is 4.47. The lowest BCUT2D eigenvalue weighted by atomic mass is 10.1. The number of hydrogen-bond donors (Lipinski definition) is 1. The Kier molecular flexibility index (Phi) is 6.14. The van der Waals surface area contributed by atoms with Gasteiger partial charge in [-0.25, -0.2) is 18.9 Å². The summed E-state index contributed by atoms with van der Waals surface area (Å²) >= 11 is 3.29. The van der Waals surface area contributed by atoms with E-state index in [-0.39, 0.29) is 17.0 Å². The fourth-order valence-electron chi connectivity index (χ4n) is 3.10. The summed E-state index contributed by atoms with van der Waals surface area (Å²) in [4.78, 5) is 50.7. The quantitative estimate of drug-likeness (QED) is 0.243. The first-order chi connectivity index (χ1) is 15.8. The van der Waals surface area contributed by atoms with E-state index in [1.165, 1.54) is 36.4 Å². The van der Waals surface area contributed by atoms with Crippen molar-refractivity contribution in [3.63, 3.8) is 0 Å². The fourth-order valence-corrected chi connectivity index (χ4v) is 3.37. The minimum Gasteiger partial charge on any atom is -0.422 e. The topological polar surface area (TPSA) is 92.8 Å². The number of halogens is 2. The van der Waals surface area contributed by atoms with Crippen LogP contribution in [0.5, 0.6) is 5.75 Å². The number of ether oxygens (including phenoxy) is 1. The second-order valence-electron chi connectivity index (χ2n) is 6.84. The number of para-hydroxylation sites is 2. The van der Waals surface area contributed by atoms with Crippen LogP contribution < -0.4 is 15.0 Å². The number of amides is 4. The summed E-state index contributed by atoms with van der Waals surface area (Å²) in [6.07, 6.45) is 1.18. The smallest absolute Gasteiger partial charge is 0.343 e. The van der Waals surface area contributed by atoms with Crippen molar-refractivity contribution in [1.29, 1.82) is 0 Å². The summed E-state index contributed by atoms with van der Waals surface area (Å²) in [6.45, 7) is 0. The molecule has 1 aliphatic heterocycles. The summed E-state index contributed by atoms with van der Waals surface area (Å²) in [5.41, 5.74) is -0.189. The van der Waals surface area contributed by atoms with Crippen LogP contribution in [0.25, 0.3) is 6.08 Å². The zero-order chi connectivity index (χ0) is 23.5. The zero-order valence-corrected chi connectivity index (χ0v) is 18.3. The van der Waals surface area contributed by atoms with Gasteiger partial charge in [-0.2, -0.15) is 0 Å². The molecule has 0 spiro atoms. The van der Waals surface area contributed by atoms with E-state index in [0.29, 0.717) is 10.5 Å². The number of hydrogen-bond acceptors (Lipinski definition) is 5. The maximum Gasteiger partial charge on any atom is 0.343 e. The van der Waals surface area contributed by atoms with Gasteiger partial charge in [0, 0.05) is 10.0 Å². The van der Waals surface area contributed by atoms with Crippen molar-refractivity contribution in [2.75, 3.05) is 4.90 Å². The van der Waals surface area contributed by atoms with E-state index >= 15 is 0 Å². The van der Waals surface area contributed by atoms with Gasteiger partial charge in [0.15, 0.2) is 0 Å². The van der Waals surface area contributed by atoms with Gasteiger partial charge in [0.25, 0.3) is 11.8 Å². The van der Waals surface area contributed by atoms with Crippen molar-refractivity contribution >= 4 is 51.5 Å². The van der Waals surface area contributed by atoms with Crippen LogP contribution in [0.3, 0.4) is 0 Å². The third-order valence-electron chi connectivity index (χ3n) is 4.70. The van der Waals surface area contributed by atoms with Crippen molar-refractivity contribution in [2.24, 2.45) is 0 Å². The SMILES string of the molecule is O=C1NC(=O)N(c2ccccc2F)C(=O)/C1=C\c1ccccc1OC(=O)c1ccc(Br)cc1. The molecule has 0 aromatic heterocycles. The molecule has 0 atom stereocenters. The molecule has 1 fully saturated rings. The highest BCUT2D eigenvalue weighted by atomic mass is 79.9. The number of rotatable bonds is 4. The second kappa shape index (κ2) is 9.17. The Morgan fingerprint density at radius 3 is 2.33 bits per heavy atom. The number of barbiturate groups is 1. The molecule has 4 amide bonds. The highest BCUT2D eigenvalue weighted by Gasteiger charge is 2.38. The Morgan fingerprint density at radius 1 is 0.939 bits per heavy atom. The van der Waals surface area contributed by atoms with Crippen LogP contribution in [0.15, 0.2) is 82.8 Å². The molecule has 1 N–H and O–H groups in total. The number of urea groups is 1. The Balaban J connectivity index is 1.68. The lowest BCUT2D eigenvalue weighted by Gasteiger charge is -2.26. The molecule has 7 nitrogen and oxygen atoms in total. The molecule has 0 aliphatic carbocycles. The number of anilines is 1. The molecular formula is C24H14BrFN2O5. The molecule has 0 radical (unpaired) electrons. The number of benzene rings is 3. The third kappa shape index (κ3) is 4.58. The minimum atomic E-state index is -1.07. The Labute approximate surface area is 195 Å². The maximum atomic E-state index is 14.2. The molecule has 0 unspecified atom stereocenters. The highest BCUT2D eigenvalue weighted by molar-refractivity contribution is 9.10. The van der Waals surface area contributed by atoms with Crippen molar-refractivity contribution in [1.82, 2.24) is 5.32 Å². The number of nitrogens with zero attached hydrogens (tertiary/aromatic N) is 1. The lowest BCUT2D eigenvalue weighted by molar-refractivity contribution is -0.122. The van der Waals surface area contributed by atoms with Gasteiger partial charge in [-0.15, -0.1) is 0 Å². The van der Waals surface area contributed by atoms with Crippen LogP contribution in [0, 0.1) is 5.82 Å². The molecule has 1 heterocycles. The number of carbonyl (C=O) groups excluding carboxylic acids is 4. The Bertz CT molecular complexity index is 1320. The average Bonchev–Trinajstić information content (AvgIpc) is 2.79. The molecule has 33 heavy (non-hydrogen) atoms. The summed E-state index contributed by atoms with van der Waals surface area (Å²) in [7, 11) is 0. The van der Waals surface area contributed by atoms with Crippen molar-refractivity contribution in [3.8, 4) is 5.75 Å². The van der Waals surface area contributed by atoms with Crippen LogP contribution in [-0.2, 0) is 9.59 Å². The molecule has 0 bridgehead atoms. The van der Waals surface area contributed by atoms with Crippen LogP contribution in [-0.4, -0.2) is 23.8 Å². The van der Waals surface area contributed by atoms with E-state index in [0.717, 1.165) is 10.5 Å². The highest BCUT2D eigenvalue weighted by Crippen LogP contribution is 2.27. The normalized spacial score (nSPS) is 14.9. The molecular weight excluding hydrogens is 495 g/mol. The monoisotopic (exact) mass is 508 g/mol. The Morgan fingerprint density at radius 2 is 1.61 bits per heavy atom. The summed E-state index contributed by atoms with van der Waals surface area (Å²) in [6, 6.07) is 16.9. The summed E-state index contributed by atoms with van der Waals surface area (Å²) in [5.74, 6) is -3.32. The maximum absolute atomic E-state index is 14.2. The van der Waals surface area contributed by atoms with E-state index in [9.17, 15) is 23.6 Å². The molecule has 3 aromatic rings. The standard InChI is InChI=1S/C24H14BrFN2O5/c25-16-11-9-14(10-12-16)23(31)33-20-8-4-1-5-15(20)13-17-21(29)27-24(32)28(22(17)30)19-7-3-2-6-18(19)26/h1-13H,(H,27,29,32)/b17-13-. The lowest BCUT2D eigenvalue weighted by Crippen LogP contribution is -2.54. The first-order valence-corrected chi connectivity index (χ1v) is 10.4. The number of esters is 1. The van der Waals surface area contributed by atoms with Crippen molar-refractivity contribution in [3.05, 3.63) is 99.8 Å². The number of nitrogens with one attached hydrogen (secondary N) is 1. The zero-order valence-electron chi connectivity index (χ0n) is 16.7. The van der Waals surface area contributed by atoms with Gasteiger partial charge >= 0.3 is 12.0 Å². The van der Waals surface area contributed by atoms with Gasteiger partial charge in [0.2, 0.25) is 0 Å². The van der Waals surface area contributed by atoms with Crippen LogP contribution in [0.2, 0.25) is 0 Å². The largest absolute Gasteiger partial charge is 0.422 e. The van der Waals surface area contributed by atoms with Crippen LogP contribution in [0.4, 0.5) is 14.9 Å². The van der Waals surface area contributed by atoms with Crippen molar-refractivity contribution < 1.29 is 28.3 Å².